The van der Waals surface area contributed by atoms with Crippen molar-refractivity contribution < 1.29 is 22.7 Å². The second kappa shape index (κ2) is 7.23. The standard InChI is InChI=1S/C14H7Br3F3NO2/c15-8-5-10(16)12(11(17)6-8)23-13(22)21-9-3-1-2-7(4-9)14(18,19)20/h1-6H,(H,21,22). The lowest BCUT2D eigenvalue weighted by atomic mass is 10.2. The van der Waals surface area contributed by atoms with E-state index in [1.165, 1.54) is 12.1 Å². The number of hydrogen-bond acceptors (Lipinski definition) is 2. The Morgan fingerprint density at radius 3 is 2.22 bits per heavy atom. The highest BCUT2D eigenvalue weighted by atomic mass is 79.9. The van der Waals surface area contributed by atoms with Gasteiger partial charge in [-0.05, 0) is 62.2 Å². The molecule has 0 atom stereocenters. The molecule has 2 rings (SSSR count). The molecule has 0 aromatic heterocycles. The monoisotopic (exact) mass is 515 g/mol. The molecule has 0 aliphatic rings. The smallest absolute Gasteiger partial charge is 0.408 e. The molecule has 2 aromatic carbocycles. The Morgan fingerprint density at radius 2 is 1.65 bits per heavy atom. The molecular weight excluding hydrogens is 511 g/mol. The van der Waals surface area contributed by atoms with Gasteiger partial charge in [0.1, 0.15) is 0 Å². The van der Waals surface area contributed by atoms with Gasteiger partial charge in [-0.3, -0.25) is 5.32 Å². The van der Waals surface area contributed by atoms with E-state index in [1.54, 1.807) is 12.1 Å². The molecule has 9 heteroatoms. The summed E-state index contributed by atoms with van der Waals surface area (Å²) >= 11 is 9.74. The van der Waals surface area contributed by atoms with E-state index in [0.717, 1.165) is 16.6 Å². The average molecular weight is 518 g/mol. The Balaban J connectivity index is 2.15. The summed E-state index contributed by atoms with van der Waals surface area (Å²) in [5.41, 5.74) is -0.879. The Kier molecular flexibility index (Phi) is 5.74. The molecule has 2 aromatic rings. The van der Waals surface area contributed by atoms with Crippen molar-refractivity contribution in [3.63, 3.8) is 0 Å². The van der Waals surface area contributed by atoms with Crippen molar-refractivity contribution >= 4 is 59.6 Å². The van der Waals surface area contributed by atoms with E-state index in [0.29, 0.717) is 8.95 Å². The zero-order chi connectivity index (χ0) is 17.2. The molecule has 23 heavy (non-hydrogen) atoms. The van der Waals surface area contributed by atoms with Gasteiger partial charge in [0.2, 0.25) is 0 Å². The second-order valence-corrected chi connectivity index (χ2v) is 6.92. The van der Waals surface area contributed by atoms with Crippen LogP contribution in [0.5, 0.6) is 5.75 Å². The fraction of sp³-hybridized carbons (Fsp3) is 0.0714. The van der Waals surface area contributed by atoms with E-state index in [-0.39, 0.29) is 11.4 Å². The van der Waals surface area contributed by atoms with Crippen molar-refractivity contribution in [2.75, 3.05) is 5.32 Å². The Morgan fingerprint density at radius 1 is 1.04 bits per heavy atom. The van der Waals surface area contributed by atoms with Gasteiger partial charge in [0.25, 0.3) is 0 Å². The lowest BCUT2D eigenvalue weighted by Gasteiger charge is -2.12. The topological polar surface area (TPSA) is 38.3 Å². The molecule has 122 valence electrons. The number of amides is 1. The zero-order valence-electron chi connectivity index (χ0n) is 11.0. The highest BCUT2D eigenvalue weighted by Crippen LogP contribution is 2.36. The first kappa shape index (κ1) is 18.3. The van der Waals surface area contributed by atoms with Crippen molar-refractivity contribution in [1.82, 2.24) is 0 Å². The van der Waals surface area contributed by atoms with Crippen LogP contribution >= 0.6 is 47.8 Å². The minimum atomic E-state index is -4.49. The van der Waals surface area contributed by atoms with E-state index in [2.05, 4.69) is 53.1 Å². The fourth-order valence-corrected chi connectivity index (χ4v) is 4.06. The largest absolute Gasteiger partial charge is 0.417 e. The molecule has 0 aliphatic heterocycles. The number of nitrogens with one attached hydrogen (secondary N) is 1. The SMILES string of the molecule is O=C(Nc1cccc(C(F)(F)F)c1)Oc1c(Br)cc(Br)cc1Br. The van der Waals surface area contributed by atoms with E-state index < -0.39 is 17.8 Å². The van der Waals surface area contributed by atoms with Crippen LogP contribution in [0, 0.1) is 0 Å². The van der Waals surface area contributed by atoms with Crippen molar-refractivity contribution in [3.8, 4) is 5.75 Å². The predicted molar refractivity (Wildman–Crippen MR) is 90.6 cm³/mol. The second-order valence-electron chi connectivity index (χ2n) is 4.29. The van der Waals surface area contributed by atoms with E-state index in [4.69, 9.17) is 4.74 Å². The molecular formula is C14H7Br3F3NO2. The van der Waals surface area contributed by atoms with Crippen molar-refractivity contribution in [3.05, 3.63) is 55.4 Å². The highest BCUT2D eigenvalue weighted by molar-refractivity contribution is 9.11. The summed E-state index contributed by atoms with van der Waals surface area (Å²) < 4.78 is 44.8. The van der Waals surface area contributed by atoms with Gasteiger partial charge < -0.3 is 4.74 Å². The summed E-state index contributed by atoms with van der Waals surface area (Å²) in [5.74, 6) is 0.206. The summed E-state index contributed by atoms with van der Waals surface area (Å²) in [6.07, 6.45) is -5.40. The number of benzene rings is 2. The number of carbonyl (C=O) groups is 1. The fourth-order valence-electron chi connectivity index (χ4n) is 1.64. The maximum absolute atomic E-state index is 12.6. The first-order valence-corrected chi connectivity index (χ1v) is 8.35. The number of hydrogen-bond donors (Lipinski definition) is 1. The van der Waals surface area contributed by atoms with Gasteiger partial charge in [-0.2, -0.15) is 13.2 Å². The Bertz CT molecular complexity index is 727. The molecule has 3 nitrogen and oxygen atoms in total. The highest BCUT2D eigenvalue weighted by Gasteiger charge is 2.30. The van der Waals surface area contributed by atoms with Gasteiger partial charge in [0, 0.05) is 10.2 Å². The molecule has 0 fully saturated rings. The van der Waals surface area contributed by atoms with Crippen molar-refractivity contribution in [1.29, 1.82) is 0 Å². The summed E-state index contributed by atoms with van der Waals surface area (Å²) in [4.78, 5) is 11.9. The number of rotatable bonds is 2. The summed E-state index contributed by atoms with van der Waals surface area (Å²) in [7, 11) is 0. The third-order valence-corrected chi connectivity index (χ3v) is 4.23. The molecule has 1 amide bonds. The van der Waals surface area contributed by atoms with Gasteiger partial charge in [-0.1, -0.05) is 22.0 Å². The molecule has 0 spiro atoms. The molecule has 1 N–H and O–H groups in total. The molecule has 0 unspecified atom stereocenters. The Hall–Kier alpha value is -1.06. The molecule has 0 aliphatic carbocycles. The third kappa shape index (κ3) is 4.95. The third-order valence-electron chi connectivity index (χ3n) is 2.59. The van der Waals surface area contributed by atoms with E-state index in [9.17, 15) is 18.0 Å². The molecule has 0 heterocycles. The van der Waals surface area contributed by atoms with Gasteiger partial charge in [0.15, 0.2) is 5.75 Å². The maximum Gasteiger partial charge on any atom is 0.417 e. The van der Waals surface area contributed by atoms with Crippen LogP contribution in [-0.2, 0) is 6.18 Å². The first-order valence-electron chi connectivity index (χ1n) is 5.97. The van der Waals surface area contributed by atoms with Crippen LogP contribution in [0.3, 0.4) is 0 Å². The minimum Gasteiger partial charge on any atom is -0.408 e. The number of anilines is 1. The van der Waals surface area contributed by atoms with Crippen LogP contribution in [0.15, 0.2) is 49.8 Å². The van der Waals surface area contributed by atoms with Crippen LogP contribution in [-0.4, -0.2) is 6.09 Å². The summed E-state index contributed by atoms with van der Waals surface area (Å²) in [5, 5.41) is 2.26. The van der Waals surface area contributed by atoms with Gasteiger partial charge in [-0.15, -0.1) is 0 Å². The number of carbonyl (C=O) groups excluding carboxylic acids is 1. The normalized spacial score (nSPS) is 11.2. The van der Waals surface area contributed by atoms with Crippen LogP contribution in [0.1, 0.15) is 5.56 Å². The molecule has 0 radical (unpaired) electrons. The number of ether oxygens (including phenoxy) is 1. The number of alkyl halides is 3. The minimum absolute atomic E-state index is 0.0193. The first-order chi connectivity index (χ1) is 10.7. The van der Waals surface area contributed by atoms with Crippen molar-refractivity contribution in [2.45, 2.75) is 6.18 Å². The zero-order valence-corrected chi connectivity index (χ0v) is 15.8. The molecule has 0 saturated heterocycles. The van der Waals surface area contributed by atoms with Crippen LogP contribution < -0.4 is 10.1 Å². The van der Waals surface area contributed by atoms with Crippen molar-refractivity contribution in [2.24, 2.45) is 0 Å². The Labute approximate surface area is 154 Å². The maximum atomic E-state index is 12.6. The van der Waals surface area contributed by atoms with E-state index >= 15 is 0 Å². The average Bonchev–Trinajstić information content (AvgIpc) is 2.42. The van der Waals surface area contributed by atoms with Gasteiger partial charge in [0.05, 0.1) is 14.5 Å². The van der Waals surface area contributed by atoms with E-state index in [1.807, 2.05) is 0 Å². The van der Waals surface area contributed by atoms with Gasteiger partial charge >= 0.3 is 12.3 Å². The lowest BCUT2D eigenvalue weighted by Crippen LogP contribution is -2.17. The van der Waals surface area contributed by atoms with Crippen LogP contribution in [0.2, 0.25) is 0 Å². The molecule has 0 saturated carbocycles. The molecule has 0 bridgehead atoms. The van der Waals surface area contributed by atoms with Crippen LogP contribution in [0.25, 0.3) is 0 Å². The number of halogens is 6. The van der Waals surface area contributed by atoms with Crippen LogP contribution in [0.4, 0.5) is 23.7 Å². The van der Waals surface area contributed by atoms with Gasteiger partial charge in [-0.25, -0.2) is 4.79 Å². The quantitative estimate of drug-likeness (QED) is 0.487. The summed E-state index contributed by atoms with van der Waals surface area (Å²) in [6.45, 7) is 0. The lowest BCUT2D eigenvalue weighted by molar-refractivity contribution is -0.137. The predicted octanol–water partition coefficient (Wildman–Crippen LogP) is 6.60. The summed E-state index contributed by atoms with van der Waals surface area (Å²) in [6, 6.07) is 7.60.